The molecule has 9 nitrogen and oxygen atoms in total. The summed E-state index contributed by atoms with van der Waals surface area (Å²) in [6.07, 6.45) is 5.80. The van der Waals surface area contributed by atoms with E-state index in [-0.39, 0.29) is 10.9 Å². The van der Waals surface area contributed by atoms with Crippen molar-refractivity contribution in [2.24, 2.45) is 0 Å². The van der Waals surface area contributed by atoms with Crippen LogP contribution in [-0.2, 0) is 10.0 Å². The van der Waals surface area contributed by atoms with Crippen molar-refractivity contribution in [1.29, 1.82) is 0 Å². The Balaban J connectivity index is 1.40. The molecule has 0 saturated carbocycles. The number of nitrogens with zero attached hydrogens (tertiary/aromatic N) is 6. The number of sulfonamides is 1. The number of nitrogens with one attached hydrogen (secondary N) is 1. The van der Waals surface area contributed by atoms with Crippen LogP contribution in [0.4, 0.5) is 5.82 Å². The number of fused-ring (bicyclic) bond motifs is 2. The highest BCUT2D eigenvalue weighted by Gasteiger charge is 2.30. The van der Waals surface area contributed by atoms with E-state index in [0.717, 1.165) is 11.2 Å². The van der Waals surface area contributed by atoms with Gasteiger partial charge in [-0.15, -0.1) is 10.2 Å². The molecule has 5 rings (SSSR count). The minimum Gasteiger partial charge on any atom is -0.352 e. The summed E-state index contributed by atoms with van der Waals surface area (Å²) >= 11 is 0. The number of rotatable bonds is 4. The van der Waals surface area contributed by atoms with Crippen LogP contribution in [0.3, 0.4) is 0 Å². The average Bonchev–Trinajstić information content (AvgIpc) is 3.34. The van der Waals surface area contributed by atoms with Gasteiger partial charge >= 0.3 is 0 Å². The van der Waals surface area contributed by atoms with Gasteiger partial charge in [-0.3, -0.25) is 9.38 Å². The summed E-state index contributed by atoms with van der Waals surface area (Å²) in [5, 5.41) is 9.10. The molecule has 1 atom stereocenters. The quantitative estimate of drug-likeness (QED) is 0.545. The van der Waals surface area contributed by atoms with Crippen LogP contribution < -0.4 is 9.62 Å². The third-order valence-corrected chi connectivity index (χ3v) is 6.73. The first-order valence-corrected chi connectivity index (χ1v) is 10.8. The molecule has 29 heavy (non-hydrogen) atoms. The summed E-state index contributed by atoms with van der Waals surface area (Å²) in [7, 11) is -3.71. The Labute approximate surface area is 167 Å². The lowest BCUT2D eigenvalue weighted by molar-refractivity contribution is 0.562. The second kappa shape index (κ2) is 6.75. The van der Waals surface area contributed by atoms with E-state index < -0.39 is 10.0 Å². The van der Waals surface area contributed by atoms with Gasteiger partial charge in [0, 0.05) is 43.1 Å². The molecule has 4 aromatic rings. The number of para-hydroxylation sites is 1. The third-order valence-electron chi connectivity index (χ3n) is 5.17. The Bertz CT molecular complexity index is 1310. The van der Waals surface area contributed by atoms with Crippen LogP contribution in [0.2, 0.25) is 0 Å². The minimum atomic E-state index is -3.71. The minimum absolute atomic E-state index is 0.197. The van der Waals surface area contributed by atoms with Crippen molar-refractivity contribution < 1.29 is 8.42 Å². The van der Waals surface area contributed by atoms with Crippen molar-refractivity contribution in [3.05, 3.63) is 54.7 Å². The maximum atomic E-state index is 13.0. The van der Waals surface area contributed by atoms with Gasteiger partial charge in [-0.2, -0.15) is 0 Å². The molecule has 0 spiro atoms. The molecule has 4 heterocycles. The Morgan fingerprint density at radius 2 is 1.97 bits per heavy atom. The number of pyridine rings is 1. The predicted octanol–water partition coefficient (Wildman–Crippen LogP) is 1.54. The molecule has 148 valence electrons. The van der Waals surface area contributed by atoms with Crippen LogP contribution in [0.1, 0.15) is 12.2 Å². The molecule has 1 fully saturated rings. The Hall–Kier alpha value is -3.11. The highest BCUT2D eigenvalue weighted by Crippen LogP contribution is 2.25. The summed E-state index contributed by atoms with van der Waals surface area (Å²) in [6, 6.07) is 8.59. The molecular weight excluding hydrogens is 390 g/mol. The third kappa shape index (κ3) is 3.10. The van der Waals surface area contributed by atoms with Crippen molar-refractivity contribution in [2.75, 3.05) is 18.0 Å². The first-order chi connectivity index (χ1) is 14.0. The molecule has 3 aromatic heterocycles. The van der Waals surface area contributed by atoms with E-state index in [1.165, 1.54) is 0 Å². The number of hydrogen-bond donors (Lipinski definition) is 1. The van der Waals surface area contributed by atoms with Crippen LogP contribution >= 0.6 is 0 Å². The molecule has 1 N–H and O–H groups in total. The summed E-state index contributed by atoms with van der Waals surface area (Å²) in [5.41, 5.74) is 1.15. The van der Waals surface area contributed by atoms with Gasteiger partial charge in [0.15, 0.2) is 5.82 Å². The largest absolute Gasteiger partial charge is 0.352 e. The first-order valence-electron chi connectivity index (χ1n) is 9.30. The molecule has 1 aromatic carbocycles. The zero-order valence-corrected chi connectivity index (χ0v) is 16.5. The summed E-state index contributed by atoms with van der Waals surface area (Å²) in [6.45, 7) is 3.07. The molecule has 0 amide bonds. The monoisotopic (exact) mass is 409 g/mol. The molecule has 1 aliphatic heterocycles. The van der Waals surface area contributed by atoms with Crippen molar-refractivity contribution >= 4 is 32.4 Å². The predicted molar refractivity (Wildman–Crippen MR) is 108 cm³/mol. The lowest BCUT2D eigenvalue weighted by Gasteiger charge is -2.18. The zero-order chi connectivity index (χ0) is 20.0. The maximum absolute atomic E-state index is 13.0. The highest BCUT2D eigenvalue weighted by atomic mass is 32.2. The first kappa shape index (κ1) is 18.0. The molecule has 0 aliphatic carbocycles. The van der Waals surface area contributed by atoms with Gasteiger partial charge < -0.3 is 4.90 Å². The number of benzene rings is 1. The van der Waals surface area contributed by atoms with E-state index in [2.05, 4.69) is 24.9 Å². The van der Waals surface area contributed by atoms with Crippen LogP contribution in [0, 0.1) is 6.92 Å². The van der Waals surface area contributed by atoms with Crippen LogP contribution in [0.25, 0.3) is 16.6 Å². The van der Waals surface area contributed by atoms with Gasteiger partial charge in [-0.25, -0.2) is 18.1 Å². The molecule has 10 heteroatoms. The van der Waals surface area contributed by atoms with E-state index in [1.54, 1.807) is 30.6 Å². The molecule has 1 unspecified atom stereocenters. The van der Waals surface area contributed by atoms with E-state index in [9.17, 15) is 8.42 Å². The van der Waals surface area contributed by atoms with Crippen LogP contribution in [0.15, 0.2) is 53.8 Å². The molecule has 0 bridgehead atoms. The van der Waals surface area contributed by atoms with Gasteiger partial charge in [-0.1, -0.05) is 18.2 Å². The molecule has 1 saturated heterocycles. The number of hydrogen-bond acceptors (Lipinski definition) is 7. The Morgan fingerprint density at radius 1 is 1.10 bits per heavy atom. The standard InChI is InChI=1S/C19H19N7O2S/c1-13-22-23-19-18(21-9-11-26(13)19)25-10-7-15(12-25)24-29(27,28)16-6-2-4-14-5-3-8-20-17(14)16/h2-6,8-9,11,15,24H,7,10,12H2,1H3. The van der Waals surface area contributed by atoms with E-state index in [4.69, 9.17) is 0 Å². The zero-order valence-electron chi connectivity index (χ0n) is 15.7. The van der Waals surface area contributed by atoms with Gasteiger partial charge in [0.05, 0.1) is 5.52 Å². The lowest BCUT2D eigenvalue weighted by Crippen LogP contribution is -2.37. The number of aryl methyl sites for hydroxylation is 1. The van der Waals surface area contributed by atoms with Crippen molar-refractivity contribution in [2.45, 2.75) is 24.3 Å². The molecular formula is C19H19N7O2S. The van der Waals surface area contributed by atoms with Crippen LogP contribution in [0.5, 0.6) is 0 Å². The molecule has 1 aliphatic rings. The number of aromatic nitrogens is 5. The van der Waals surface area contributed by atoms with Gasteiger partial charge in [0.25, 0.3) is 0 Å². The number of anilines is 1. The fourth-order valence-electron chi connectivity index (χ4n) is 3.78. The summed E-state index contributed by atoms with van der Waals surface area (Å²) < 4.78 is 30.8. The van der Waals surface area contributed by atoms with Crippen molar-refractivity contribution in [1.82, 2.24) is 29.3 Å². The smallest absolute Gasteiger partial charge is 0.243 e. The van der Waals surface area contributed by atoms with Crippen LogP contribution in [-0.4, -0.2) is 52.1 Å². The topological polar surface area (TPSA) is 105 Å². The van der Waals surface area contributed by atoms with Crippen molar-refractivity contribution in [3.8, 4) is 0 Å². The van der Waals surface area contributed by atoms with E-state index in [0.29, 0.717) is 36.5 Å². The second-order valence-corrected chi connectivity index (χ2v) is 8.76. The summed E-state index contributed by atoms with van der Waals surface area (Å²) in [5.74, 6) is 1.49. The van der Waals surface area contributed by atoms with Gasteiger partial charge in [0.2, 0.25) is 15.7 Å². The van der Waals surface area contributed by atoms with E-state index in [1.807, 2.05) is 34.6 Å². The van der Waals surface area contributed by atoms with Gasteiger partial charge in [0.1, 0.15) is 10.7 Å². The summed E-state index contributed by atoms with van der Waals surface area (Å²) in [4.78, 5) is 10.9. The SMILES string of the molecule is Cc1nnc2c(N3CCC(NS(=O)(=O)c4cccc5cccnc45)C3)nccn12. The van der Waals surface area contributed by atoms with E-state index >= 15 is 0 Å². The Morgan fingerprint density at radius 3 is 2.86 bits per heavy atom. The normalized spacial score (nSPS) is 17.4. The average molecular weight is 409 g/mol. The maximum Gasteiger partial charge on any atom is 0.243 e. The second-order valence-electron chi connectivity index (χ2n) is 7.08. The Kier molecular flexibility index (Phi) is 4.18. The van der Waals surface area contributed by atoms with Crippen molar-refractivity contribution in [3.63, 3.8) is 0 Å². The fourth-order valence-corrected chi connectivity index (χ4v) is 5.22. The molecule has 0 radical (unpaired) electrons. The van der Waals surface area contributed by atoms with Gasteiger partial charge in [-0.05, 0) is 25.5 Å². The fraction of sp³-hybridized carbons (Fsp3) is 0.263. The highest BCUT2D eigenvalue weighted by molar-refractivity contribution is 7.89. The lowest BCUT2D eigenvalue weighted by atomic mass is 10.2.